The van der Waals surface area contributed by atoms with Crippen molar-refractivity contribution in [3.63, 3.8) is 0 Å². The second kappa shape index (κ2) is 13.8. The summed E-state index contributed by atoms with van der Waals surface area (Å²) < 4.78 is 18.0. The number of hydrogen-bond acceptors (Lipinski definition) is 9. The van der Waals surface area contributed by atoms with Crippen LogP contribution in [0.3, 0.4) is 0 Å². The monoisotopic (exact) mass is 574 g/mol. The number of aromatic nitrogens is 1. The minimum atomic E-state index is -0.988. The van der Waals surface area contributed by atoms with Crippen molar-refractivity contribution in [2.75, 3.05) is 46.6 Å². The molecule has 4 rings (SSSR count). The Bertz CT molecular complexity index is 1180. The summed E-state index contributed by atoms with van der Waals surface area (Å²) in [6.07, 6.45) is 3.74. The van der Waals surface area contributed by atoms with Gasteiger partial charge in [0.2, 0.25) is 18.4 Å². The van der Waals surface area contributed by atoms with E-state index in [1.54, 1.807) is 12.1 Å². The van der Waals surface area contributed by atoms with E-state index in [4.69, 9.17) is 19.9 Å². The number of amides is 1. The number of carbonyl (C=O) groups excluding carboxylic acids is 1. The van der Waals surface area contributed by atoms with Crippen LogP contribution in [0.15, 0.2) is 24.3 Å². The fourth-order valence-electron chi connectivity index (χ4n) is 5.92. The summed E-state index contributed by atoms with van der Waals surface area (Å²) in [4.78, 5) is 30.2. The number of aliphatic carboxylic acids is 1. The maximum Gasteiger partial charge on any atom is 0.308 e. The topological polar surface area (TPSA) is 160 Å². The zero-order chi connectivity index (χ0) is 29.5. The molecule has 12 heteroatoms. The van der Waals surface area contributed by atoms with Gasteiger partial charge in [-0.2, -0.15) is 0 Å². The SMILES string of the molecule is CCCCN(CCCCN)C(=O)CN1C[C@H](c2cc(OC)c3c(c2)OCO3)C(C(=O)O)[C@@H]1CCn1c(O)ccc1O. The van der Waals surface area contributed by atoms with E-state index >= 15 is 0 Å². The minimum Gasteiger partial charge on any atom is -0.494 e. The van der Waals surface area contributed by atoms with Crippen molar-refractivity contribution in [3.05, 3.63) is 29.8 Å². The highest BCUT2D eigenvalue weighted by molar-refractivity contribution is 5.79. The number of benzene rings is 1. The van der Waals surface area contributed by atoms with Gasteiger partial charge in [-0.05, 0) is 49.9 Å². The van der Waals surface area contributed by atoms with Gasteiger partial charge in [0.15, 0.2) is 23.3 Å². The number of hydrogen-bond donors (Lipinski definition) is 4. The van der Waals surface area contributed by atoms with Gasteiger partial charge in [-0.1, -0.05) is 13.3 Å². The quantitative estimate of drug-likeness (QED) is 0.233. The third-order valence-electron chi connectivity index (χ3n) is 8.08. The maximum absolute atomic E-state index is 13.6. The number of aromatic hydroxyl groups is 2. The van der Waals surface area contributed by atoms with Crippen LogP contribution in [-0.2, 0) is 16.1 Å². The number of nitrogens with two attached hydrogens (primary N) is 1. The predicted octanol–water partition coefficient (Wildman–Crippen LogP) is 2.56. The summed E-state index contributed by atoms with van der Waals surface area (Å²) in [5.41, 5.74) is 6.39. The fourth-order valence-corrected chi connectivity index (χ4v) is 5.92. The number of fused-ring (bicyclic) bond motifs is 1. The largest absolute Gasteiger partial charge is 0.494 e. The van der Waals surface area contributed by atoms with E-state index in [9.17, 15) is 24.9 Å². The first-order chi connectivity index (χ1) is 19.8. The number of rotatable bonds is 15. The van der Waals surface area contributed by atoms with Crippen LogP contribution in [0.2, 0.25) is 0 Å². The van der Waals surface area contributed by atoms with Gasteiger partial charge in [-0.15, -0.1) is 0 Å². The summed E-state index contributed by atoms with van der Waals surface area (Å²) in [5, 5.41) is 30.9. The first kappa shape index (κ1) is 30.3. The highest BCUT2D eigenvalue weighted by Crippen LogP contribution is 2.47. The molecule has 0 bridgehead atoms. The van der Waals surface area contributed by atoms with E-state index in [-0.39, 0.29) is 37.5 Å². The van der Waals surface area contributed by atoms with Crippen LogP contribution < -0.4 is 19.9 Å². The van der Waals surface area contributed by atoms with Gasteiger partial charge in [-0.3, -0.25) is 19.1 Å². The highest BCUT2D eigenvalue weighted by Gasteiger charge is 2.47. The standard InChI is InChI=1S/C29H42N4O8/c1-3-4-11-31(12-6-5-10-30)26(36)17-32-16-20(19-14-22(39-2)28-23(15-19)40-18-41-28)27(29(37)38)21(32)9-13-33-24(34)7-8-25(33)35/h7-8,14-15,20-21,27,34-35H,3-6,9-13,16-18,30H2,1-2H3,(H,37,38)/t20-,21+,27?/m1/s1. The molecule has 1 aromatic carbocycles. The number of carbonyl (C=O) groups is 2. The normalized spacial score (nSPS) is 19.9. The number of carboxylic acids is 1. The van der Waals surface area contributed by atoms with Gasteiger partial charge in [0, 0.05) is 50.3 Å². The van der Waals surface area contributed by atoms with E-state index < -0.39 is 23.8 Å². The van der Waals surface area contributed by atoms with Crippen molar-refractivity contribution in [1.82, 2.24) is 14.4 Å². The second-order valence-corrected chi connectivity index (χ2v) is 10.6. The van der Waals surface area contributed by atoms with Crippen LogP contribution >= 0.6 is 0 Å². The van der Waals surface area contributed by atoms with Gasteiger partial charge < -0.3 is 40.2 Å². The highest BCUT2D eigenvalue weighted by atomic mass is 16.7. The molecule has 3 heterocycles. The van der Waals surface area contributed by atoms with Crippen LogP contribution in [0, 0.1) is 5.92 Å². The smallest absolute Gasteiger partial charge is 0.308 e. The molecule has 0 saturated carbocycles. The Labute approximate surface area is 240 Å². The number of carboxylic acid groups (broad SMARTS) is 1. The molecular formula is C29H42N4O8. The molecule has 0 aliphatic carbocycles. The molecule has 5 N–H and O–H groups in total. The molecule has 1 fully saturated rings. The Kier molecular flexibility index (Phi) is 10.2. The van der Waals surface area contributed by atoms with E-state index in [0.717, 1.165) is 31.2 Å². The van der Waals surface area contributed by atoms with Crippen LogP contribution in [0.4, 0.5) is 0 Å². The third kappa shape index (κ3) is 6.82. The van der Waals surface area contributed by atoms with Crippen LogP contribution in [0.25, 0.3) is 0 Å². The van der Waals surface area contributed by atoms with Crippen molar-refractivity contribution >= 4 is 11.9 Å². The van der Waals surface area contributed by atoms with E-state index in [0.29, 0.717) is 49.8 Å². The molecule has 1 aromatic heterocycles. The minimum absolute atomic E-state index is 0.0486. The fraction of sp³-hybridized carbons (Fsp3) is 0.586. The summed E-state index contributed by atoms with van der Waals surface area (Å²) >= 11 is 0. The molecule has 1 saturated heterocycles. The number of ether oxygens (including phenoxy) is 3. The molecular weight excluding hydrogens is 532 g/mol. The molecule has 1 amide bonds. The van der Waals surface area contributed by atoms with Gasteiger partial charge in [-0.25, -0.2) is 0 Å². The van der Waals surface area contributed by atoms with Gasteiger partial charge in [0.1, 0.15) is 0 Å². The molecule has 1 unspecified atom stereocenters. The lowest BCUT2D eigenvalue weighted by molar-refractivity contribution is -0.144. The molecule has 2 aliphatic rings. The Morgan fingerprint density at radius 1 is 1.12 bits per heavy atom. The van der Waals surface area contributed by atoms with Gasteiger partial charge in [0.25, 0.3) is 0 Å². The van der Waals surface area contributed by atoms with Gasteiger partial charge in [0.05, 0.1) is 19.6 Å². The van der Waals surface area contributed by atoms with Crippen LogP contribution in [0.5, 0.6) is 29.0 Å². The second-order valence-electron chi connectivity index (χ2n) is 10.6. The zero-order valence-corrected chi connectivity index (χ0v) is 23.8. The summed E-state index contributed by atoms with van der Waals surface area (Å²) in [6, 6.07) is 5.79. The molecule has 3 atom stereocenters. The summed E-state index contributed by atoms with van der Waals surface area (Å²) in [5.74, 6) is -1.18. The number of nitrogens with zero attached hydrogens (tertiary/aromatic N) is 3. The van der Waals surface area contributed by atoms with Crippen molar-refractivity contribution in [3.8, 4) is 29.0 Å². The first-order valence-electron chi connectivity index (χ1n) is 14.3. The summed E-state index contributed by atoms with van der Waals surface area (Å²) in [6.45, 7) is 4.48. The lowest BCUT2D eigenvalue weighted by atomic mass is 9.84. The van der Waals surface area contributed by atoms with Crippen molar-refractivity contribution < 1.29 is 39.1 Å². The molecule has 0 radical (unpaired) electrons. The lowest BCUT2D eigenvalue weighted by Crippen LogP contribution is -2.45. The maximum atomic E-state index is 13.6. The molecule has 41 heavy (non-hydrogen) atoms. The molecule has 0 spiro atoms. The Balaban J connectivity index is 1.64. The predicted molar refractivity (Wildman–Crippen MR) is 150 cm³/mol. The molecule has 2 aliphatic heterocycles. The van der Waals surface area contributed by atoms with Crippen LogP contribution in [0.1, 0.15) is 50.5 Å². The van der Waals surface area contributed by atoms with Crippen LogP contribution in [-0.4, -0.2) is 94.2 Å². The zero-order valence-electron chi connectivity index (χ0n) is 23.8. The summed E-state index contributed by atoms with van der Waals surface area (Å²) in [7, 11) is 1.52. The average Bonchev–Trinajstić information content (AvgIpc) is 3.66. The van der Waals surface area contributed by atoms with Gasteiger partial charge >= 0.3 is 5.97 Å². The number of methoxy groups -OCH3 is 1. The Morgan fingerprint density at radius 3 is 2.51 bits per heavy atom. The van der Waals surface area contributed by atoms with Crippen molar-refractivity contribution in [2.45, 2.75) is 57.5 Å². The number of unbranched alkanes of at least 4 members (excludes halogenated alkanes) is 2. The average molecular weight is 575 g/mol. The van der Waals surface area contributed by atoms with Crippen molar-refractivity contribution in [2.24, 2.45) is 11.7 Å². The third-order valence-corrected chi connectivity index (χ3v) is 8.08. The van der Waals surface area contributed by atoms with E-state index in [1.807, 2.05) is 9.80 Å². The van der Waals surface area contributed by atoms with Crippen molar-refractivity contribution in [1.29, 1.82) is 0 Å². The lowest BCUT2D eigenvalue weighted by Gasteiger charge is -2.30. The Hall–Kier alpha value is -3.64. The Morgan fingerprint density at radius 2 is 1.85 bits per heavy atom. The van der Waals surface area contributed by atoms with E-state index in [1.165, 1.54) is 23.8 Å². The molecule has 12 nitrogen and oxygen atoms in total. The van der Waals surface area contributed by atoms with E-state index in [2.05, 4.69) is 6.92 Å². The molecule has 226 valence electrons. The number of likely N-dealkylation sites (tertiary alicyclic amines) is 1. The molecule has 2 aromatic rings. The first-order valence-corrected chi connectivity index (χ1v) is 14.3.